The number of methoxy groups -OCH3 is 1. The number of fused-ring (bicyclic) bond motifs is 2. The number of ether oxygens (including phenoxy) is 2. The summed E-state index contributed by atoms with van der Waals surface area (Å²) in [5.74, 6) is 0.232. The van der Waals surface area contributed by atoms with E-state index in [-0.39, 0.29) is 4.90 Å². The van der Waals surface area contributed by atoms with Crippen LogP contribution in [0.1, 0.15) is 62.5 Å². The van der Waals surface area contributed by atoms with Crippen LogP contribution in [-0.2, 0) is 14.8 Å². The Bertz CT molecular complexity index is 1370. The molecule has 5 rings (SSSR count). The molecule has 0 unspecified atom stereocenters. The summed E-state index contributed by atoms with van der Waals surface area (Å²) in [6.07, 6.45) is 5.23. The maximum absolute atomic E-state index is 13.6. The summed E-state index contributed by atoms with van der Waals surface area (Å²) in [7, 11) is -2.59. The van der Waals surface area contributed by atoms with Crippen molar-refractivity contribution in [2.75, 3.05) is 7.11 Å². The van der Waals surface area contributed by atoms with Crippen LogP contribution >= 0.6 is 0 Å². The first-order chi connectivity index (χ1) is 16.2. The molecule has 2 aliphatic rings. The van der Waals surface area contributed by atoms with Crippen molar-refractivity contribution in [3.05, 3.63) is 59.8 Å². The van der Waals surface area contributed by atoms with Crippen LogP contribution in [0.5, 0.6) is 11.5 Å². The van der Waals surface area contributed by atoms with E-state index in [2.05, 4.69) is 9.71 Å². The fourth-order valence-corrected chi connectivity index (χ4v) is 6.20. The number of carbonyl (C=O) groups is 1. The first-order valence-electron chi connectivity index (χ1n) is 11.5. The van der Waals surface area contributed by atoms with Crippen molar-refractivity contribution in [1.29, 1.82) is 0 Å². The lowest BCUT2D eigenvalue weighted by atomic mass is 9.75. The van der Waals surface area contributed by atoms with Gasteiger partial charge in [-0.1, -0.05) is 18.6 Å². The molecule has 3 aromatic rings. The smallest absolute Gasteiger partial charge is 0.264 e. The third-order valence-corrected chi connectivity index (χ3v) is 8.23. The summed E-state index contributed by atoms with van der Waals surface area (Å²) in [4.78, 5) is 17.8. The van der Waals surface area contributed by atoms with Crippen molar-refractivity contribution in [2.45, 2.75) is 61.9 Å². The molecule has 1 atom stereocenters. The van der Waals surface area contributed by atoms with Gasteiger partial charge in [0, 0.05) is 23.6 Å². The average molecular weight is 481 g/mol. The molecule has 0 spiro atoms. The lowest BCUT2D eigenvalue weighted by molar-refractivity contribution is -0.122. The molecule has 2 aromatic carbocycles. The third kappa shape index (κ3) is 3.90. The lowest BCUT2D eigenvalue weighted by Gasteiger charge is -2.40. The number of carbonyl (C=O) groups excluding carboxylic acids is 1. The van der Waals surface area contributed by atoms with Gasteiger partial charge in [-0.2, -0.15) is 0 Å². The van der Waals surface area contributed by atoms with Crippen LogP contribution in [0.25, 0.3) is 10.9 Å². The monoisotopic (exact) mass is 480 g/mol. The van der Waals surface area contributed by atoms with Gasteiger partial charge in [0.1, 0.15) is 17.1 Å². The molecule has 1 aromatic heterocycles. The molecule has 8 heteroatoms. The second-order valence-corrected chi connectivity index (χ2v) is 11.3. The highest BCUT2D eigenvalue weighted by atomic mass is 32.2. The summed E-state index contributed by atoms with van der Waals surface area (Å²) in [5, 5.41) is 0.461. The van der Waals surface area contributed by atoms with Crippen LogP contribution in [0.15, 0.2) is 53.6 Å². The number of rotatable bonds is 5. The van der Waals surface area contributed by atoms with Gasteiger partial charge < -0.3 is 9.47 Å². The highest BCUT2D eigenvalue weighted by molar-refractivity contribution is 7.90. The van der Waals surface area contributed by atoms with Crippen LogP contribution in [0.3, 0.4) is 0 Å². The van der Waals surface area contributed by atoms with Gasteiger partial charge in [0.2, 0.25) is 5.91 Å². The summed E-state index contributed by atoms with van der Waals surface area (Å²) >= 11 is 0. The molecule has 1 aliphatic carbocycles. The van der Waals surface area contributed by atoms with Crippen molar-refractivity contribution < 1.29 is 22.7 Å². The van der Waals surface area contributed by atoms with Crippen molar-refractivity contribution in [1.82, 2.24) is 9.71 Å². The molecule has 1 N–H and O–H groups in total. The zero-order valence-corrected chi connectivity index (χ0v) is 20.3. The Morgan fingerprint density at radius 1 is 1.15 bits per heavy atom. The van der Waals surface area contributed by atoms with Gasteiger partial charge >= 0.3 is 0 Å². The van der Waals surface area contributed by atoms with Gasteiger partial charge in [0.15, 0.2) is 0 Å². The number of hydrogen-bond acceptors (Lipinski definition) is 6. The standard InChI is InChI=1S/C26H28N2O5S/c1-26(2)15-19(23-21(32-3)13-12-17(24(23)33-26)16-7-4-8-16)25(29)28-34(30,31)22-11-5-10-20-18(22)9-6-14-27-20/h5-6,9-14,16,19H,4,7-8,15H2,1-3H3,(H,28,29)/t19-/m1/s1. The van der Waals surface area contributed by atoms with Gasteiger partial charge in [-0.15, -0.1) is 0 Å². The number of sulfonamides is 1. The number of pyridine rings is 1. The maximum atomic E-state index is 13.6. The van der Waals surface area contributed by atoms with E-state index >= 15 is 0 Å². The molecule has 1 amide bonds. The Hall–Kier alpha value is -3.13. The second kappa shape index (κ2) is 8.27. The molecule has 1 saturated carbocycles. The van der Waals surface area contributed by atoms with Crippen LogP contribution in [0.4, 0.5) is 0 Å². The van der Waals surface area contributed by atoms with Crippen LogP contribution in [0.2, 0.25) is 0 Å². The third-order valence-electron chi connectivity index (χ3n) is 6.82. The summed E-state index contributed by atoms with van der Waals surface area (Å²) in [6.45, 7) is 3.84. The van der Waals surface area contributed by atoms with Crippen LogP contribution < -0.4 is 14.2 Å². The SMILES string of the molecule is COc1ccc(C2CCC2)c2c1[C@H](C(=O)NS(=O)(=O)c1cccc3ncccc13)CC(C)(C)O2. The van der Waals surface area contributed by atoms with Gasteiger partial charge in [-0.05, 0) is 68.5 Å². The topological polar surface area (TPSA) is 94.6 Å². The van der Waals surface area contributed by atoms with Gasteiger partial charge in [0.25, 0.3) is 10.0 Å². The van der Waals surface area contributed by atoms with E-state index in [4.69, 9.17) is 9.47 Å². The molecule has 0 bridgehead atoms. The van der Waals surface area contributed by atoms with Gasteiger partial charge in [-0.25, -0.2) is 13.1 Å². The molecule has 2 heterocycles. The molecule has 0 radical (unpaired) electrons. The molecule has 34 heavy (non-hydrogen) atoms. The Morgan fingerprint density at radius 2 is 1.94 bits per heavy atom. The van der Waals surface area contributed by atoms with E-state index < -0.39 is 27.4 Å². The van der Waals surface area contributed by atoms with Crippen molar-refractivity contribution in [3.63, 3.8) is 0 Å². The molecule has 178 valence electrons. The Labute approximate surface area is 199 Å². The van der Waals surface area contributed by atoms with Crippen molar-refractivity contribution in [3.8, 4) is 11.5 Å². The Kier molecular flexibility index (Phi) is 5.51. The molecule has 7 nitrogen and oxygen atoms in total. The quantitative estimate of drug-likeness (QED) is 0.571. The van der Waals surface area contributed by atoms with E-state index in [1.165, 1.54) is 6.07 Å². The van der Waals surface area contributed by atoms with E-state index in [1.54, 1.807) is 37.6 Å². The minimum atomic E-state index is -4.14. The lowest BCUT2D eigenvalue weighted by Crippen LogP contribution is -2.43. The van der Waals surface area contributed by atoms with Gasteiger partial charge in [-0.3, -0.25) is 9.78 Å². The summed E-state index contributed by atoms with van der Waals surface area (Å²) in [5.41, 5.74) is 1.59. The zero-order valence-electron chi connectivity index (χ0n) is 19.5. The van der Waals surface area contributed by atoms with Crippen LogP contribution in [0, 0.1) is 0 Å². The molecule has 1 aliphatic heterocycles. The van der Waals surface area contributed by atoms with Crippen LogP contribution in [-0.4, -0.2) is 32.0 Å². The summed E-state index contributed by atoms with van der Waals surface area (Å²) in [6, 6.07) is 12.1. The molecule has 0 saturated heterocycles. The van der Waals surface area contributed by atoms with Crippen molar-refractivity contribution >= 4 is 26.8 Å². The van der Waals surface area contributed by atoms with E-state index in [1.807, 2.05) is 26.0 Å². The Morgan fingerprint density at radius 3 is 2.65 bits per heavy atom. The van der Waals surface area contributed by atoms with Gasteiger partial charge in [0.05, 0.1) is 23.4 Å². The first-order valence-corrected chi connectivity index (χ1v) is 13.0. The molecular formula is C26H28N2O5S. The van der Waals surface area contributed by atoms with E-state index in [0.29, 0.717) is 40.3 Å². The minimum Gasteiger partial charge on any atom is -0.496 e. The minimum absolute atomic E-state index is 0.0215. The number of amides is 1. The fraction of sp³-hybridized carbons (Fsp3) is 0.385. The highest BCUT2D eigenvalue weighted by Crippen LogP contribution is 2.52. The zero-order chi connectivity index (χ0) is 24.1. The largest absolute Gasteiger partial charge is 0.496 e. The number of benzene rings is 2. The summed E-state index contributed by atoms with van der Waals surface area (Å²) < 4.78 is 41.0. The van der Waals surface area contributed by atoms with Crippen molar-refractivity contribution in [2.24, 2.45) is 0 Å². The molecular weight excluding hydrogens is 452 g/mol. The number of hydrogen-bond donors (Lipinski definition) is 1. The van der Waals surface area contributed by atoms with E-state index in [0.717, 1.165) is 24.8 Å². The molecule has 1 fully saturated rings. The average Bonchev–Trinajstić information content (AvgIpc) is 2.76. The number of nitrogens with one attached hydrogen (secondary N) is 1. The highest BCUT2D eigenvalue weighted by Gasteiger charge is 2.43. The normalized spacial score (nSPS) is 19.6. The number of aromatic nitrogens is 1. The predicted molar refractivity (Wildman–Crippen MR) is 129 cm³/mol. The van der Waals surface area contributed by atoms with E-state index in [9.17, 15) is 13.2 Å². The maximum Gasteiger partial charge on any atom is 0.264 e. The predicted octanol–water partition coefficient (Wildman–Crippen LogP) is 4.66. The first kappa shape index (κ1) is 22.7. The second-order valence-electron chi connectivity index (χ2n) is 9.64. The fourth-order valence-electron chi connectivity index (χ4n) is 4.96. The number of nitrogens with zero attached hydrogens (tertiary/aromatic N) is 1. The Balaban J connectivity index is 1.56.